The molecular weight excluding hydrogens is 345 g/mol. The van der Waals surface area contributed by atoms with Gasteiger partial charge in [-0.2, -0.15) is 0 Å². The molecule has 0 aliphatic heterocycles. The summed E-state index contributed by atoms with van der Waals surface area (Å²) in [6, 6.07) is 10.4. The van der Waals surface area contributed by atoms with Crippen LogP contribution in [-0.2, 0) is 0 Å². The van der Waals surface area contributed by atoms with Crippen LogP contribution in [0.1, 0.15) is 20.7 Å². The van der Waals surface area contributed by atoms with E-state index in [2.05, 4.69) is 10.6 Å². The quantitative estimate of drug-likeness (QED) is 0.829. The van der Waals surface area contributed by atoms with Gasteiger partial charge in [-0.1, -0.05) is 23.7 Å². The second-order valence-electron chi connectivity index (χ2n) is 5.69. The van der Waals surface area contributed by atoms with Crippen molar-refractivity contribution in [1.29, 1.82) is 0 Å². The summed E-state index contributed by atoms with van der Waals surface area (Å²) in [5.74, 6) is -1.63. The van der Waals surface area contributed by atoms with Crippen molar-refractivity contribution < 1.29 is 14.0 Å². The van der Waals surface area contributed by atoms with E-state index in [1.54, 1.807) is 18.2 Å². The third kappa shape index (κ3) is 5.27. The normalized spacial score (nSPS) is 10.6. The van der Waals surface area contributed by atoms with Crippen LogP contribution in [0.3, 0.4) is 0 Å². The van der Waals surface area contributed by atoms with Gasteiger partial charge in [0.05, 0.1) is 10.6 Å². The summed E-state index contributed by atoms with van der Waals surface area (Å²) in [4.78, 5) is 26.3. The van der Waals surface area contributed by atoms with Crippen molar-refractivity contribution in [1.82, 2.24) is 10.2 Å². The molecular formula is C18H19ClFN3O2. The van der Waals surface area contributed by atoms with Crippen LogP contribution < -0.4 is 10.6 Å². The molecule has 5 nitrogen and oxygen atoms in total. The van der Waals surface area contributed by atoms with Gasteiger partial charge in [0.15, 0.2) is 0 Å². The summed E-state index contributed by atoms with van der Waals surface area (Å²) >= 11 is 5.89. The Labute approximate surface area is 150 Å². The zero-order valence-electron chi connectivity index (χ0n) is 14.0. The van der Waals surface area contributed by atoms with Crippen molar-refractivity contribution in [2.75, 3.05) is 32.5 Å². The first-order valence-electron chi connectivity index (χ1n) is 7.67. The van der Waals surface area contributed by atoms with Crippen LogP contribution in [0.5, 0.6) is 0 Å². The van der Waals surface area contributed by atoms with Crippen LogP contribution in [0, 0.1) is 5.82 Å². The molecule has 0 aliphatic carbocycles. The molecule has 0 atom stereocenters. The fourth-order valence-corrected chi connectivity index (χ4v) is 2.39. The molecule has 0 unspecified atom stereocenters. The zero-order chi connectivity index (χ0) is 18.4. The van der Waals surface area contributed by atoms with Crippen LogP contribution in [-0.4, -0.2) is 43.9 Å². The average Bonchev–Trinajstić information content (AvgIpc) is 2.54. The number of likely N-dealkylation sites (N-methyl/N-ethyl adjacent to an activating group) is 1. The number of nitrogens with zero attached hydrogens (tertiary/aromatic N) is 1. The Morgan fingerprint density at radius 2 is 1.84 bits per heavy atom. The minimum Gasteiger partial charge on any atom is -0.351 e. The fraction of sp³-hybridized carbons (Fsp3) is 0.222. The first kappa shape index (κ1) is 18.9. The highest BCUT2D eigenvalue weighted by molar-refractivity contribution is 6.34. The smallest absolute Gasteiger partial charge is 0.260 e. The number of halogens is 2. The Morgan fingerprint density at radius 3 is 2.52 bits per heavy atom. The monoisotopic (exact) mass is 363 g/mol. The minimum absolute atomic E-state index is 0.0232. The predicted molar refractivity (Wildman–Crippen MR) is 96.7 cm³/mol. The third-order valence-corrected chi connectivity index (χ3v) is 3.73. The number of nitrogens with one attached hydrogen (secondary N) is 2. The van der Waals surface area contributed by atoms with E-state index in [1.165, 1.54) is 18.2 Å². The predicted octanol–water partition coefficient (Wildman–Crippen LogP) is 3.02. The summed E-state index contributed by atoms with van der Waals surface area (Å²) < 4.78 is 13.8. The van der Waals surface area contributed by atoms with E-state index in [9.17, 15) is 14.0 Å². The summed E-state index contributed by atoms with van der Waals surface area (Å²) in [5, 5.41) is 5.37. The Balaban J connectivity index is 2.08. The maximum absolute atomic E-state index is 13.8. The molecule has 0 aromatic heterocycles. The van der Waals surface area contributed by atoms with Gasteiger partial charge in [0, 0.05) is 24.3 Å². The van der Waals surface area contributed by atoms with Crippen LogP contribution in [0.25, 0.3) is 0 Å². The highest BCUT2D eigenvalue weighted by Gasteiger charge is 2.16. The highest BCUT2D eigenvalue weighted by atomic mass is 35.5. The second-order valence-corrected chi connectivity index (χ2v) is 6.10. The molecule has 0 saturated carbocycles. The fourth-order valence-electron chi connectivity index (χ4n) is 2.14. The van der Waals surface area contributed by atoms with Gasteiger partial charge < -0.3 is 15.5 Å². The number of benzene rings is 2. The van der Waals surface area contributed by atoms with Crippen molar-refractivity contribution in [3.8, 4) is 0 Å². The lowest BCUT2D eigenvalue weighted by Gasteiger charge is -2.11. The number of carbonyl (C=O) groups excluding carboxylic acids is 2. The molecule has 2 rings (SSSR count). The number of hydrogen-bond donors (Lipinski definition) is 2. The van der Waals surface area contributed by atoms with Crippen molar-refractivity contribution in [3.63, 3.8) is 0 Å². The molecule has 0 saturated heterocycles. The average molecular weight is 364 g/mol. The van der Waals surface area contributed by atoms with Gasteiger partial charge in [0.25, 0.3) is 11.8 Å². The molecule has 7 heteroatoms. The van der Waals surface area contributed by atoms with Gasteiger partial charge in [-0.15, -0.1) is 0 Å². The standard InChI is InChI=1S/C18H19ClFN3O2/c1-23(2)10-9-21-17(24)12-5-3-6-13(11-12)22-18(25)16-14(19)7-4-8-15(16)20/h3-8,11H,9-10H2,1-2H3,(H,21,24)(H,22,25). The molecule has 2 aromatic carbocycles. The van der Waals surface area contributed by atoms with Gasteiger partial charge in [-0.25, -0.2) is 4.39 Å². The zero-order valence-corrected chi connectivity index (χ0v) is 14.7. The highest BCUT2D eigenvalue weighted by Crippen LogP contribution is 2.21. The molecule has 2 N–H and O–H groups in total. The van der Waals surface area contributed by atoms with Crippen molar-refractivity contribution in [2.24, 2.45) is 0 Å². The molecule has 0 heterocycles. The summed E-state index contributed by atoms with van der Waals surface area (Å²) in [5.41, 5.74) is 0.547. The maximum atomic E-state index is 13.8. The molecule has 0 bridgehead atoms. The van der Waals surface area contributed by atoms with E-state index in [1.807, 2.05) is 19.0 Å². The van der Waals surface area contributed by atoms with Gasteiger partial charge in [-0.05, 0) is 44.4 Å². The third-order valence-electron chi connectivity index (χ3n) is 3.42. The Hall–Kier alpha value is -2.44. The van der Waals surface area contributed by atoms with Gasteiger partial charge in [0.1, 0.15) is 5.82 Å². The lowest BCUT2D eigenvalue weighted by molar-refractivity contribution is 0.0949. The molecule has 0 aliphatic rings. The van der Waals surface area contributed by atoms with Crippen molar-refractivity contribution >= 4 is 29.1 Å². The molecule has 0 radical (unpaired) electrons. The van der Waals surface area contributed by atoms with Crippen LogP contribution in [0.4, 0.5) is 10.1 Å². The van der Waals surface area contributed by atoms with E-state index in [-0.39, 0.29) is 16.5 Å². The maximum Gasteiger partial charge on any atom is 0.260 e. The van der Waals surface area contributed by atoms with E-state index in [0.717, 1.165) is 6.07 Å². The van der Waals surface area contributed by atoms with E-state index >= 15 is 0 Å². The minimum atomic E-state index is -0.706. The first-order valence-corrected chi connectivity index (χ1v) is 8.04. The number of amides is 2. The number of rotatable bonds is 6. The van der Waals surface area contributed by atoms with E-state index in [4.69, 9.17) is 11.6 Å². The van der Waals surface area contributed by atoms with E-state index in [0.29, 0.717) is 24.3 Å². The topological polar surface area (TPSA) is 61.4 Å². The first-order chi connectivity index (χ1) is 11.9. The Kier molecular flexibility index (Phi) is 6.50. The lowest BCUT2D eigenvalue weighted by Crippen LogP contribution is -2.31. The molecule has 0 fully saturated rings. The Bertz CT molecular complexity index is 760. The number of carbonyl (C=O) groups is 2. The largest absolute Gasteiger partial charge is 0.351 e. The number of anilines is 1. The molecule has 132 valence electrons. The summed E-state index contributed by atoms with van der Waals surface area (Å²) in [6.07, 6.45) is 0. The molecule has 2 aromatic rings. The summed E-state index contributed by atoms with van der Waals surface area (Å²) in [6.45, 7) is 1.22. The van der Waals surface area contributed by atoms with E-state index < -0.39 is 11.7 Å². The van der Waals surface area contributed by atoms with Crippen molar-refractivity contribution in [2.45, 2.75) is 0 Å². The second kappa shape index (κ2) is 8.60. The summed E-state index contributed by atoms with van der Waals surface area (Å²) in [7, 11) is 3.83. The van der Waals surface area contributed by atoms with Gasteiger partial charge in [-0.3, -0.25) is 9.59 Å². The van der Waals surface area contributed by atoms with Crippen LogP contribution >= 0.6 is 11.6 Å². The Morgan fingerprint density at radius 1 is 1.12 bits per heavy atom. The lowest BCUT2D eigenvalue weighted by atomic mass is 10.1. The van der Waals surface area contributed by atoms with Crippen LogP contribution in [0.2, 0.25) is 5.02 Å². The van der Waals surface area contributed by atoms with Crippen LogP contribution in [0.15, 0.2) is 42.5 Å². The molecule has 2 amide bonds. The van der Waals surface area contributed by atoms with Gasteiger partial charge in [0.2, 0.25) is 0 Å². The SMILES string of the molecule is CN(C)CCNC(=O)c1cccc(NC(=O)c2c(F)cccc2Cl)c1. The number of hydrogen-bond acceptors (Lipinski definition) is 3. The van der Waals surface area contributed by atoms with Crippen molar-refractivity contribution in [3.05, 3.63) is 64.4 Å². The molecule has 0 spiro atoms. The van der Waals surface area contributed by atoms with Gasteiger partial charge >= 0.3 is 0 Å². The molecule has 25 heavy (non-hydrogen) atoms.